The summed E-state index contributed by atoms with van der Waals surface area (Å²) in [5.74, 6) is -0.394. The zero-order valence-electron chi connectivity index (χ0n) is 6.78. The topological polar surface area (TPSA) is 117 Å². The molecule has 8 heteroatoms. The van der Waals surface area contributed by atoms with E-state index in [0.29, 0.717) is 0 Å². The molecule has 0 unspecified atom stereocenters. The van der Waals surface area contributed by atoms with Gasteiger partial charge in [0.15, 0.2) is 0 Å². The van der Waals surface area contributed by atoms with Crippen molar-refractivity contribution in [2.45, 2.75) is 0 Å². The third-order valence-corrected chi connectivity index (χ3v) is 1.14. The average Bonchev–Trinajstić information content (AvgIpc) is 2.52. The van der Waals surface area contributed by atoms with Crippen LogP contribution in [0.2, 0.25) is 0 Å². The van der Waals surface area contributed by atoms with Crippen molar-refractivity contribution >= 4 is 18.1 Å². The van der Waals surface area contributed by atoms with Crippen LogP contribution in [0.3, 0.4) is 0 Å². The van der Waals surface area contributed by atoms with Crippen LogP contribution in [0.25, 0.3) is 0 Å². The minimum Gasteiger partial charge on any atom is -0.465 e. The number of carbonyl (C=O) groups is 2. The molecular formula is C6H6N4O4. The van der Waals surface area contributed by atoms with E-state index in [4.69, 9.17) is 10.2 Å². The Kier molecular flexibility index (Phi) is 2.79. The molecule has 14 heavy (non-hydrogen) atoms. The van der Waals surface area contributed by atoms with Crippen molar-refractivity contribution in [3.8, 4) is 0 Å². The molecule has 0 radical (unpaired) electrons. The Hall–Kier alpha value is -2.38. The number of aliphatic imine (C=N–C) groups is 1. The Morgan fingerprint density at radius 1 is 1.43 bits per heavy atom. The van der Waals surface area contributed by atoms with E-state index in [1.165, 1.54) is 18.5 Å². The predicted molar refractivity (Wildman–Crippen MR) is 44.2 cm³/mol. The van der Waals surface area contributed by atoms with E-state index in [1.54, 1.807) is 5.32 Å². The van der Waals surface area contributed by atoms with E-state index >= 15 is 0 Å². The van der Waals surface area contributed by atoms with Crippen molar-refractivity contribution < 1.29 is 19.8 Å². The van der Waals surface area contributed by atoms with Gasteiger partial charge >= 0.3 is 12.2 Å². The molecule has 3 N–H and O–H groups in total. The Bertz CT molecular complexity index is 369. The highest BCUT2D eigenvalue weighted by atomic mass is 16.4. The molecule has 0 aliphatic heterocycles. The van der Waals surface area contributed by atoms with Gasteiger partial charge < -0.3 is 10.2 Å². The van der Waals surface area contributed by atoms with Gasteiger partial charge in [-0.3, -0.25) is 5.32 Å². The number of aromatic nitrogens is 2. The second-order valence-electron chi connectivity index (χ2n) is 2.10. The van der Waals surface area contributed by atoms with E-state index in [-0.39, 0.29) is 0 Å². The Morgan fingerprint density at radius 3 is 2.57 bits per heavy atom. The Morgan fingerprint density at radius 2 is 2.14 bits per heavy atom. The van der Waals surface area contributed by atoms with Crippen molar-refractivity contribution in [3.63, 3.8) is 0 Å². The van der Waals surface area contributed by atoms with Gasteiger partial charge in [0.25, 0.3) is 0 Å². The molecule has 2 amide bonds. The zero-order chi connectivity index (χ0) is 10.6. The van der Waals surface area contributed by atoms with Gasteiger partial charge in [-0.25, -0.2) is 14.3 Å². The first-order valence-electron chi connectivity index (χ1n) is 3.41. The standard InChI is InChI=1S/C6H6N4O4/c11-5(12)8-4(9-6(13)14)10-3-1-2-7-10/h1-3H,(H,8,9)(H,11,12)(H,13,14). The van der Waals surface area contributed by atoms with Crippen molar-refractivity contribution in [3.05, 3.63) is 18.5 Å². The van der Waals surface area contributed by atoms with Crippen LogP contribution in [0.4, 0.5) is 9.59 Å². The van der Waals surface area contributed by atoms with E-state index in [1.807, 2.05) is 0 Å². The van der Waals surface area contributed by atoms with Crippen LogP contribution < -0.4 is 5.32 Å². The fourth-order valence-corrected chi connectivity index (χ4v) is 0.717. The first-order chi connectivity index (χ1) is 6.59. The summed E-state index contributed by atoms with van der Waals surface area (Å²) in [5.41, 5.74) is 0. The molecule has 1 aromatic heterocycles. The van der Waals surface area contributed by atoms with Gasteiger partial charge in [0, 0.05) is 12.4 Å². The molecule has 0 bridgehead atoms. The molecule has 1 aromatic rings. The van der Waals surface area contributed by atoms with Crippen LogP contribution in [-0.4, -0.2) is 38.1 Å². The maximum atomic E-state index is 10.3. The fraction of sp³-hybridized carbons (Fsp3) is 0. The predicted octanol–water partition coefficient (Wildman–Crippen LogP) is 0.0328. The third kappa shape index (κ3) is 2.59. The lowest BCUT2D eigenvalue weighted by Crippen LogP contribution is -2.35. The largest absolute Gasteiger partial charge is 0.465 e. The summed E-state index contributed by atoms with van der Waals surface area (Å²) < 4.78 is 0.988. The highest BCUT2D eigenvalue weighted by Crippen LogP contribution is 1.86. The van der Waals surface area contributed by atoms with Gasteiger partial charge in [-0.2, -0.15) is 5.10 Å². The molecule has 0 saturated carbocycles. The number of amides is 2. The minimum absolute atomic E-state index is 0.394. The molecule has 0 aliphatic carbocycles. The van der Waals surface area contributed by atoms with E-state index < -0.39 is 18.1 Å². The van der Waals surface area contributed by atoms with Crippen LogP contribution >= 0.6 is 0 Å². The second kappa shape index (κ2) is 4.03. The molecule has 0 saturated heterocycles. The van der Waals surface area contributed by atoms with Crippen LogP contribution in [0, 0.1) is 0 Å². The van der Waals surface area contributed by atoms with E-state index in [9.17, 15) is 9.59 Å². The first kappa shape index (κ1) is 9.71. The van der Waals surface area contributed by atoms with Gasteiger partial charge in [0.2, 0.25) is 5.96 Å². The van der Waals surface area contributed by atoms with Crippen molar-refractivity contribution in [1.29, 1.82) is 0 Å². The quantitative estimate of drug-likeness (QED) is 0.401. The molecule has 0 atom stereocenters. The smallest absolute Gasteiger partial charge is 0.434 e. The molecule has 1 rings (SSSR count). The van der Waals surface area contributed by atoms with Crippen molar-refractivity contribution in [2.75, 3.05) is 0 Å². The summed E-state index contributed by atoms with van der Waals surface area (Å²) in [5, 5.41) is 22.1. The number of hydrogen-bond acceptors (Lipinski definition) is 3. The van der Waals surface area contributed by atoms with Gasteiger partial charge in [0.1, 0.15) is 0 Å². The number of rotatable bonds is 0. The van der Waals surface area contributed by atoms with Crippen LogP contribution in [0.5, 0.6) is 0 Å². The van der Waals surface area contributed by atoms with E-state index in [0.717, 1.165) is 4.68 Å². The lowest BCUT2D eigenvalue weighted by molar-refractivity contribution is 0.199. The third-order valence-electron chi connectivity index (χ3n) is 1.14. The van der Waals surface area contributed by atoms with Crippen LogP contribution in [0.1, 0.15) is 0 Å². The lowest BCUT2D eigenvalue weighted by atomic mass is 10.7. The molecule has 0 spiro atoms. The Labute approximate surface area is 77.5 Å². The molecule has 0 fully saturated rings. The SMILES string of the molecule is O=C(O)N=C(NC(=O)O)n1cccn1. The van der Waals surface area contributed by atoms with Crippen molar-refractivity contribution in [1.82, 2.24) is 15.1 Å². The number of hydrogen-bond donors (Lipinski definition) is 3. The van der Waals surface area contributed by atoms with Crippen LogP contribution in [0.15, 0.2) is 23.5 Å². The van der Waals surface area contributed by atoms with Gasteiger partial charge in [-0.05, 0) is 6.07 Å². The van der Waals surface area contributed by atoms with Crippen molar-refractivity contribution in [2.24, 2.45) is 4.99 Å². The molecule has 1 heterocycles. The molecule has 74 valence electrons. The van der Waals surface area contributed by atoms with Gasteiger partial charge in [0.05, 0.1) is 0 Å². The normalized spacial score (nSPS) is 11.0. The molecule has 0 aromatic carbocycles. The summed E-state index contributed by atoms with van der Waals surface area (Å²) in [7, 11) is 0. The minimum atomic E-state index is -1.51. The number of nitrogens with one attached hydrogen (secondary N) is 1. The second-order valence-corrected chi connectivity index (χ2v) is 2.10. The summed E-state index contributed by atoms with van der Waals surface area (Å²) in [6.45, 7) is 0. The fourth-order valence-electron chi connectivity index (χ4n) is 0.717. The maximum absolute atomic E-state index is 10.3. The summed E-state index contributed by atoms with van der Waals surface area (Å²) in [4.78, 5) is 23.5. The Balaban J connectivity index is 2.94. The van der Waals surface area contributed by atoms with E-state index in [2.05, 4.69) is 10.1 Å². The number of nitrogens with zero attached hydrogens (tertiary/aromatic N) is 3. The van der Waals surface area contributed by atoms with Gasteiger partial charge in [-0.15, -0.1) is 4.99 Å². The summed E-state index contributed by atoms with van der Waals surface area (Å²) >= 11 is 0. The summed E-state index contributed by atoms with van der Waals surface area (Å²) in [6.07, 6.45) is -0.205. The molecule has 8 nitrogen and oxygen atoms in total. The molecular weight excluding hydrogens is 192 g/mol. The maximum Gasteiger partial charge on any atom is 0.434 e. The number of carboxylic acid groups (broad SMARTS) is 2. The lowest BCUT2D eigenvalue weighted by Gasteiger charge is -2.02. The summed E-state index contributed by atoms with van der Waals surface area (Å²) in [6, 6.07) is 1.50. The monoisotopic (exact) mass is 198 g/mol. The molecule has 0 aliphatic rings. The highest BCUT2D eigenvalue weighted by Gasteiger charge is 2.08. The average molecular weight is 198 g/mol. The van der Waals surface area contributed by atoms with Gasteiger partial charge in [-0.1, -0.05) is 0 Å². The highest BCUT2D eigenvalue weighted by molar-refractivity contribution is 5.98. The first-order valence-corrected chi connectivity index (χ1v) is 3.41. The van der Waals surface area contributed by atoms with Crippen LogP contribution in [-0.2, 0) is 0 Å². The zero-order valence-corrected chi connectivity index (χ0v) is 6.78.